The van der Waals surface area contributed by atoms with E-state index in [1.54, 1.807) is 18.2 Å². The molecule has 1 aliphatic carbocycles. The Balaban J connectivity index is 1.54. The van der Waals surface area contributed by atoms with Gasteiger partial charge in [-0.3, -0.25) is 9.59 Å². The summed E-state index contributed by atoms with van der Waals surface area (Å²) in [5, 5.41) is 4.06. The first-order valence-electron chi connectivity index (χ1n) is 8.94. The van der Waals surface area contributed by atoms with Crippen LogP contribution in [0.15, 0.2) is 18.2 Å². The van der Waals surface area contributed by atoms with Gasteiger partial charge >= 0.3 is 0 Å². The van der Waals surface area contributed by atoms with Gasteiger partial charge in [0.25, 0.3) is 5.91 Å². The summed E-state index contributed by atoms with van der Waals surface area (Å²) in [6.45, 7) is 1.24. The zero-order chi connectivity index (χ0) is 19.0. The first kappa shape index (κ1) is 18.1. The molecule has 0 saturated heterocycles. The number of halogens is 1. The normalized spacial score (nSPS) is 15.5. The number of primary amides is 1. The standard InChI is InChI=1S/C19H20ClN3O3S/c20-11-5-6-14-13(9-11)23(7-8-26-14)10-16(24)22-19-17(18(21)25)12-3-1-2-4-15(12)27-19/h5-6,9H,1-4,7-8,10H2,(H2,21,25)(H,22,24). The second-order valence-corrected chi connectivity index (χ2v) is 8.25. The fourth-order valence-electron chi connectivity index (χ4n) is 3.66. The molecule has 8 heteroatoms. The highest BCUT2D eigenvalue weighted by Crippen LogP contribution is 2.38. The molecule has 142 valence electrons. The predicted molar refractivity (Wildman–Crippen MR) is 107 cm³/mol. The lowest BCUT2D eigenvalue weighted by molar-refractivity contribution is -0.115. The van der Waals surface area contributed by atoms with Crippen molar-refractivity contribution in [2.75, 3.05) is 29.9 Å². The van der Waals surface area contributed by atoms with Crippen molar-refractivity contribution in [1.29, 1.82) is 0 Å². The average molecular weight is 406 g/mol. The van der Waals surface area contributed by atoms with E-state index in [4.69, 9.17) is 22.1 Å². The molecule has 6 nitrogen and oxygen atoms in total. The zero-order valence-electron chi connectivity index (χ0n) is 14.7. The number of carbonyl (C=O) groups excluding carboxylic acids is 2. The molecule has 4 rings (SSSR count). The molecule has 0 atom stereocenters. The third kappa shape index (κ3) is 3.61. The van der Waals surface area contributed by atoms with Crippen molar-refractivity contribution in [2.24, 2.45) is 5.73 Å². The number of rotatable bonds is 4. The molecular weight excluding hydrogens is 386 g/mol. The van der Waals surface area contributed by atoms with E-state index in [0.717, 1.165) is 41.8 Å². The Kier molecular flexibility index (Phi) is 4.97. The lowest BCUT2D eigenvalue weighted by Gasteiger charge is -2.30. The molecule has 0 spiro atoms. The Morgan fingerprint density at radius 1 is 1.30 bits per heavy atom. The van der Waals surface area contributed by atoms with Crippen LogP contribution in [0.3, 0.4) is 0 Å². The van der Waals surface area contributed by atoms with Gasteiger partial charge in [-0.15, -0.1) is 11.3 Å². The van der Waals surface area contributed by atoms with Crippen LogP contribution >= 0.6 is 22.9 Å². The van der Waals surface area contributed by atoms with Crippen LogP contribution in [0, 0.1) is 0 Å². The number of carbonyl (C=O) groups is 2. The van der Waals surface area contributed by atoms with E-state index < -0.39 is 5.91 Å². The Morgan fingerprint density at radius 2 is 2.11 bits per heavy atom. The number of nitrogens with one attached hydrogen (secondary N) is 1. The number of aryl methyl sites for hydroxylation is 1. The highest BCUT2D eigenvalue weighted by molar-refractivity contribution is 7.17. The van der Waals surface area contributed by atoms with E-state index in [1.165, 1.54) is 11.3 Å². The summed E-state index contributed by atoms with van der Waals surface area (Å²) in [7, 11) is 0. The average Bonchev–Trinajstić information content (AvgIpc) is 3.00. The predicted octanol–water partition coefficient (Wildman–Crippen LogP) is 3.22. The van der Waals surface area contributed by atoms with Gasteiger partial charge in [0, 0.05) is 9.90 Å². The highest BCUT2D eigenvalue weighted by atomic mass is 35.5. The number of anilines is 2. The molecule has 1 aromatic carbocycles. The lowest BCUT2D eigenvalue weighted by atomic mass is 9.95. The summed E-state index contributed by atoms with van der Waals surface area (Å²) < 4.78 is 5.62. The van der Waals surface area contributed by atoms with Gasteiger partial charge in [0.15, 0.2) is 0 Å². The molecule has 2 heterocycles. The largest absolute Gasteiger partial charge is 0.490 e. The number of hydrogen-bond donors (Lipinski definition) is 2. The van der Waals surface area contributed by atoms with Crippen LogP contribution in [0.2, 0.25) is 5.02 Å². The number of ether oxygens (including phenoxy) is 1. The van der Waals surface area contributed by atoms with Crippen LogP contribution in [0.4, 0.5) is 10.7 Å². The van der Waals surface area contributed by atoms with Gasteiger partial charge in [-0.1, -0.05) is 11.6 Å². The first-order valence-corrected chi connectivity index (χ1v) is 10.1. The van der Waals surface area contributed by atoms with Gasteiger partial charge in [-0.05, 0) is 49.4 Å². The third-order valence-electron chi connectivity index (χ3n) is 4.89. The van der Waals surface area contributed by atoms with Crippen molar-refractivity contribution in [1.82, 2.24) is 0 Å². The Morgan fingerprint density at radius 3 is 2.93 bits per heavy atom. The van der Waals surface area contributed by atoms with Gasteiger partial charge in [-0.2, -0.15) is 0 Å². The van der Waals surface area contributed by atoms with Gasteiger partial charge in [0.2, 0.25) is 5.91 Å². The minimum atomic E-state index is -0.479. The number of nitrogens with two attached hydrogens (primary N) is 1. The SMILES string of the molecule is NC(=O)c1c(NC(=O)CN2CCOc3ccc(Cl)cc32)sc2c1CCCC2. The molecule has 0 bridgehead atoms. The van der Waals surface area contributed by atoms with Crippen LogP contribution in [-0.4, -0.2) is 31.5 Å². The number of hydrogen-bond acceptors (Lipinski definition) is 5. The third-order valence-corrected chi connectivity index (χ3v) is 6.33. The zero-order valence-corrected chi connectivity index (χ0v) is 16.3. The summed E-state index contributed by atoms with van der Waals surface area (Å²) in [6.07, 6.45) is 3.92. The number of thiophene rings is 1. The second kappa shape index (κ2) is 7.40. The molecule has 2 aromatic rings. The molecule has 2 amide bonds. The van der Waals surface area contributed by atoms with Crippen molar-refractivity contribution in [3.63, 3.8) is 0 Å². The summed E-state index contributed by atoms with van der Waals surface area (Å²) in [5.41, 5.74) is 7.89. The van der Waals surface area contributed by atoms with E-state index in [-0.39, 0.29) is 12.5 Å². The molecule has 3 N–H and O–H groups in total. The smallest absolute Gasteiger partial charge is 0.251 e. The maximum Gasteiger partial charge on any atom is 0.251 e. The van der Waals surface area contributed by atoms with Crippen LogP contribution in [0.5, 0.6) is 5.75 Å². The van der Waals surface area contributed by atoms with Gasteiger partial charge in [0.05, 0.1) is 24.3 Å². The van der Waals surface area contributed by atoms with E-state index in [0.29, 0.717) is 34.5 Å². The van der Waals surface area contributed by atoms with Crippen molar-refractivity contribution >= 4 is 45.4 Å². The molecule has 0 saturated carbocycles. The molecule has 27 heavy (non-hydrogen) atoms. The van der Waals surface area contributed by atoms with E-state index in [2.05, 4.69) is 5.32 Å². The number of nitrogens with zero attached hydrogens (tertiary/aromatic N) is 1. The molecular formula is C19H20ClN3O3S. The molecule has 0 unspecified atom stereocenters. The van der Waals surface area contributed by atoms with Crippen molar-refractivity contribution in [3.05, 3.63) is 39.2 Å². The van der Waals surface area contributed by atoms with Gasteiger partial charge in [0.1, 0.15) is 17.4 Å². The van der Waals surface area contributed by atoms with Gasteiger partial charge in [-0.25, -0.2) is 0 Å². The summed E-state index contributed by atoms with van der Waals surface area (Å²) >= 11 is 7.56. The fourth-order valence-corrected chi connectivity index (χ4v) is 5.14. The van der Waals surface area contributed by atoms with Crippen LogP contribution in [0.25, 0.3) is 0 Å². The molecule has 0 fully saturated rings. The Bertz CT molecular complexity index is 912. The summed E-state index contributed by atoms with van der Waals surface area (Å²) in [5.74, 6) is 0.0417. The fraction of sp³-hybridized carbons (Fsp3) is 0.368. The number of fused-ring (bicyclic) bond motifs is 2. The van der Waals surface area contributed by atoms with Crippen LogP contribution in [0.1, 0.15) is 33.6 Å². The maximum absolute atomic E-state index is 12.7. The molecule has 1 aromatic heterocycles. The summed E-state index contributed by atoms with van der Waals surface area (Å²) in [4.78, 5) is 27.7. The minimum Gasteiger partial charge on any atom is -0.490 e. The molecule has 1 aliphatic heterocycles. The van der Waals surface area contributed by atoms with E-state index >= 15 is 0 Å². The van der Waals surface area contributed by atoms with Crippen molar-refractivity contribution < 1.29 is 14.3 Å². The quantitative estimate of drug-likeness (QED) is 0.817. The summed E-state index contributed by atoms with van der Waals surface area (Å²) in [6, 6.07) is 5.36. The first-order chi connectivity index (χ1) is 13.0. The second-order valence-electron chi connectivity index (χ2n) is 6.71. The van der Waals surface area contributed by atoms with Crippen LogP contribution < -0.4 is 20.7 Å². The number of benzene rings is 1. The van der Waals surface area contributed by atoms with E-state index in [9.17, 15) is 9.59 Å². The molecule has 2 aliphatic rings. The topological polar surface area (TPSA) is 84.7 Å². The van der Waals surface area contributed by atoms with Crippen molar-refractivity contribution in [2.45, 2.75) is 25.7 Å². The number of amides is 2. The molecule has 0 radical (unpaired) electrons. The Labute approximate surface area is 166 Å². The van der Waals surface area contributed by atoms with E-state index in [1.807, 2.05) is 4.90 Å². The van der Waals surface area contributed by atoms with Gasteiger partial charge < -0.3 is 20.7 Å². The Hall–Kier alpha value is -2.25. The maximum atomic E-state index is 12.7. The lowest BCUT2D eigenvalue weighted by Crippen LogP contribution is -2.38. The monoisotopic (exact) mass is 405 g/mol. The van der Waals surface area contributed by atoms with Crippen molar-refractivity contribution in [3.8, 4) is 5.75 Å². The van der Waals surface area contributed by atoms with Crippen LogP contribution in [-0.2, 0) is 17.6 Å². The highest BCUT2D eigenvalue weighted by Gasteiger charge is 2.26. The minimum absolute atomic E-state index is 0.150.